The van der Waals surface area contributed by atoms with Crippen LogP contribution in [-0.4, -0.2) is 55.8 Å². The molecular weight excluding hydrogens is 561 g/mol. The Kier molecular flexibility index (Phi) is 10.8. The van der Waals surface area contributed by atoms with Crippen molar-refractivity contribution in [2.75, 3.05) is 17.1 Å². The third-order valence-electron chi connectivity index (χ3n) is 6.91. The highest BCUT2D eigenvalue weighted by Crippen LogP contribution is 2.26. The molecule has 0 spiro atoms. The fraction of sp³-hybridized carbons (Fsp3) is 0.464. The van der Waals surface area contributed by atoms with Crippen molar-refractivity contribution in [1.82, 2.24) is 10.2 Å². The van der Waals surface area contributed by atoms with Gasteiger partial charge in [0.15, 0.2) is 5.78 Å². The molecule has 212 valence electrons. The maximum Gasteiger partial charge on any atom is 0.244 e. The Morgan fingerprint density at radius 2 is 1.74 bits per heavy atom. The molecule has 0 aliphatic heterocycles. The lowest BCUT2D eigenvalue weighted by atomic mass is 9.95. The van der Waals surface area contributed by atoms with Gasteiger partial charge in [-0.1, -0.05) is 67.6 Å². The second-order valence-electron chi connectivity index (χ2n) is 9.90. The van der Waals surface area contributed by atoms with Gasteiger partial charge in [-0.3, -0.25) is 18.7 Å². The molecular formula is C28H35Cl2N3O5S. The molecule has 1 saturated carbocycles. The first-order chi connectivity index (χ1) is 18.4. The Balaban J connectivity index is 1.96. The van der Waals surface area contributed by atoms with Crippen LogP contribution in [-0.2, 0) is 26.2 Å². The van der Waals surface area contributed by atoms with Gasteiger partial charge in [0.25, 0.3) is 0 Å². The van der Waals surface area contributed by atoms with Crippen molar-refractivity contribution in [1.29, 1.82) is 0 Å². The number of anilines is 1. The first-order valence-electron chi connectivity index (χ1n) is 13.0. The third-order valence-corrected chi connectivity index (χ3v) is 8.64. The van der Waals surface area contributed by atoms with Crippen LogP contribution >= 0.6 is 23.2 Å². The van der Waals surface area contributed by atoms with Crippen LogP contribution in [0.2, 0.25) is 10.0 Å². The predicted molar refractivity (Wildman–Crippen MR) is 155 cm³/mol. The quantitative estimate of drug-likeness (QED) is 0.359. The average molecular weight is 597 g/mol. The van der Waals surface area contributed by atoms with Crippen LogP contribution < -0.4 is 9.62 Å². The fourth-order valence-electron chi connectivity index (χ4n) is 4.79. The lowest BCUT2D eigenvalue weighted by Gasteiger charge is -2.34. The topological polar surface area (TPSA) is 104 Å². The summed E-state index contributed by atoms with van der Waals surface area (Å²) in [6, 6.07) is 10.2. The van der Waals surface area contributed by atoms with Crippen molar-refractivity contribution in [3.05, 3.63) is 63.6 Å². The van der Waals surface area contributed by atoms with E-state index in [1.54, 1.807) is 37.3 Å². The zero-order valence-corrected chi connectivity index (χ0v) is 24.8. The smallest absolute Gasteiger partial charge is 0.244 e. The van der Waals surface area contributed by atoms with E-state index in [2.05, 4.69) is 5.32 Å². The first-order valence-corrected chi connectivity index (χ1v) is 15.6. The van der Waals surface area contributed by atoms with Crippen LogP contribution in [0.25, 0.3) is 0 Å². The zero-order chi connectivity index (χ0) is 28.7. The van der Waals surface area contributed by atoms with E-state index in [0.717, 1.165) is 42.7 Å². The van der Waals surface area contributed by atoms with E-state index in [1.807, 2.05) is 0 Å². The molecule has 0 heterocycles. The molecule has 1 atom stereocenters. The summed E-state index contributed by atoms with van der Waals surface area (Å²) in [7, 11) is -3.92. The average Bonchev–Trinajstić information content (AvgIpc) is 2.88. The number of hydrogen-bond donors (Lipinski definition) is 1. The van der Waals surface area contributed by atoms with Crippen LogP contribution in [0, 0.1) is 0 Å². The highest BCUT2D eigenvalue weighted by atomic mass is 35.5. The summed E-state index contributed by atoms with van der Waals surface area (Å²) in [4.78, 5) is 40.6. The Morgan fingerprint density at radius 1 is 1.05 bits per heavy atom. The second kappa shape index (κ2) is 13.6. The number of benzene rings is 2. The van der Waals surface area contributed by atoms with Gasteiger partial charge in [-0.15, -0.1) is 0 Å². The van der Waals surface area contributed by atoms with Crippen LogP contribution in [0.4, 0.5) is 5.69 Å². The molecule has 3 rings (SSSR count). The van der Waals surface area contributed by atoms with Gasteiger partial charge in [0, 0.05) is 28.2 Å². The number of halogens is 2. The normalized spacial score (nSPS) is 14.9. The van der Waals surface area contributed by atoms with E-state index in [1.165, 1.54) is 24.0 Å². The highest BCUT2D eigenvalue weighted by Gasteiger charge is 2.33. The summed E-state index contributed by atoms with van der Waals surface area (Å²) in [5.41, 5.74) is 1.07. The van der Waals surface area contributed by atoms with Gasteiger partial charge in [0.2, 0.25) is 21.8 Å². The molecule has 0 saturated heterocycles. The molecule has 2 aromatic carbocycles. The van der Waals surface area contributed by atoms with Crippen LogP contribution in [0.5, 0.6) is 0 Å². The van der Waals surface area contributed by atoms with Crippen molar-refractivity contribution in [2.45, 2.75) is 71.0 Å². The largest absolute Gasteiger partial charge is 0.352 e. The van der Waals surface area contributed by atoms with Gasteiger partial charge >= 0.3 is 0 Å². The SMILES string of the molecule is CCC(C(=O)NC1CCCCC1)N(Cc1ccc(Cl)cc1Cl)C(=O)CN(c1cccc(C(C)=O)c1)S(C)(=O)=O. The van der Waals surface area contributed by atoms with Crippen molar-refractivity contribution in [2.24, 2.45) is 0 Å². The van der Waals surface area contributed by atoms with Gasteiger partial charge in [0.05, 0.1) is 11.9 Å². The van der Waals surface area contributed by atoms with E-state index in [4.69, 9.17) is 23.2 Å². The lowest BCUT2D eigenvalue weighted by molar-refractivity contribution is -0.140. The van der Waals surface area contributed by atoms with Crippen molar-refractivity contribution >= 4 is 56.5 Å². The molecule has 1 N–H and O–H groups in total. The molecule has 0 aromatic heterocycles. The number of sulfonamides is 1. The molecule has 1 aliphatic rings. The number of carbonyl (C=O) groups excluding carboxylic acids is 3. The summed E-state index contributed by atoms with van der Waals surface area (Å²) >= 11 is 12.5. The Labute approximate surface area is 240 Å². The standard InChI is InChI=1S/C28H35Cl2N3O5S/c1-4-26(28(36)31-23-10-6-5-7-11-23)32(17-21-13-14-22(29)16-25(21)30)27(35)18-33(39(3,37)38)24-12-8-9-20(15-24)19(2)34/h8-9,12-16,23,26H,4-7,10-11,17-18H2,1-3H3,(H,31,36). The molecule has 2 aromatic rings. The first kappa shape index (κ1) is 30.9. The van der Waals surface area contributed by atoms with Crippen LogP contribution in [0.15, 0.2) is 42.5 Å². The Bertz CT molecular complexity index is 1310. The number of nitrogens with one attached hydrogen (secondary N) is 1. The minimum atomic E-state index is -3.92. The van der Waals surface area contributed by atoms with Gasteiger partial charge in [-0.2, -0.15) is 0 Å². The molecule has 8 nitrogen and oxygen atoms in total. The van der Waals surface area contributed by atoms with Crippen molar-refractivity contribution < 1.29 is 22.8 Å². The molecule has 1 unspecified atom stereocenters. The molecule has 0 radical (unpaired) electrons. The number of amides is 2. The van der Waals surface area contributed by atoms with Gasteiger partial charge in [-0.05, 0) is 56.0 Å². The van der Waals surface area contributed by atoms with Gasteiger partial charge in [0.1, 0.15) is 12.6 Å². The molecule has 2 amide bonds. The lowest BCUT2D eigenvalue weighted by Crippen LogP contribution is -2.54. The van der Waals surface area contributed by atoms with Crippen molar-refractivity contribution in [3.63, 3.8) is 0 Å². The van der Waals surface area contributed by atoms with E-state index in [-0.39, 0.29) is 30.0 Å². The zero-order valence-electron chi connectivity index (χ0n) is 22.5. The summed E-state index contributed by atoms with van der Waals surface area (Å²) in [5.74, 6) is -1.10. The number of Topliss-reactive ketones (excluding diaryl/α,β-unsaturated/α-hetero) is 1. The molecule has 39 heavy (non-hydrogen) atoms. The molecule has 0 bridgehead atoms. The minimum absolute atomic E-state index is 0.0173. The number of rotatable bonds is 11. The molecule has 11 heteroatoms. The molecule has 1 aliphatic carbocycles. The Hall–Kier alpha value is -2.62. The number of hydrogen-bond acceptors (Lipinski definition) is 5. The maximum atomic E-state index is 13.9. The van der Waals surface area contributed by atoms with E-state index < -0.39 is 28.5 Å². The molecule has 1 fully saturated rings. The van der Waals surface area contributed by atoms with Gasteiger partial charge in [-0.25, -0.2) is 8.42 Å². The number of ketones is 1. The Morgan fingerprint density at radius 3 is 2.33 bits per heavy atom. The monoisotopic (exact) mass is 595 g/mol. The number of nitrogens with zero attached hydrogens (tertiary/aromatic N) is 2. The summed E-state index contributed by atoms with van der Waals surface area (Å²) in [6.45, 7) is 2.61. The second-order valence-corrected chi connectivity index (χ2v) is 12.7. The third kappa shape index (κ3) is 8.43. The highest BCUT2D eigenvalue weighted by molar-refractivity contribution is 7.92. The van der Waals surface area contributed by atoms with E-state index in [0.29, 0.717) is 27.6 Å². The van der Waals surface area contributed by atoms with Crippen molar-refractivity contribution in [3.8, 4) is 0 Å². The van der Waals surface area contributed by atoms with Gasteiger partial charge < -0.3 is 10.2 Å². The fourth-order valence-corrected chi connectivity index (χ4v) is 6.10. The minimum Gasteiger partial charge on any atom is -0.352 e. The van der Waals surface area contributed by atoms with Crippen LogP contribution in [0.1, 0.15) is 68.3 Å². The van der Waals surface area contributed by atoms with Crippen LogP contribution in [0.3, 0.4) is 0 Å². The van der Waals surface area contributed by atoms with E-state index >= 15 is 0 Å². The predicted octanol–water partition coefficient (Wildman–Crippen LogP) is 5.22. The maximum absolute atomic E-state index is 13.9. The summed E-state index contributed by atoms with van der Waals surface area (Å²) in [5, 5.41) is 3.85. The van der Waals surface area contributed by atoms with E-state index in [9.17, 15) is 22.8 Å². The summed E-state index contributed by atoms with van der Waals surface area (Å²) < 4.78 is 26.6. The number of carbonyl (C=O) groups is 3. The summed E-state index contributed by atoms with van der Waals surface area (Å²) in [6.07, 6.45) is 6.28.